The number of rotatable bonds is 6. The third kappa shape index (κ3) is 6.10. The summed E-state index contributed by atoms with van der Waals surface area (Å²) in [7, 11) is 0. The zero-order chi connectivity index (χ0) is 14.1. The maximum Gasteiger partial charge on any atom is 0.374 e. The van der Waals surface area contributed by atoms with E-state index in [-0.39, 0.29) is 12.4 Å². The van der Waals surface area contributed by atoms with Gasteiger partial charge in [0, 0.05) is 18.1 Å². The van der Waals surface area contributed by atoms with E-state index in [1.807, 2.05) is 30.3 Å². The summed E-state index contributed by atoms with van der Waals surface area (Å²) >= 11 is 1.37. The number of benzene rings is 1. The Labute approximate surface area is 116 Å². The highest BCUT2D eigenvalue weighted by Crippen LogP contribution is 2.16. The smallest absolute Gasteiger partial charge is 0.374 e. The first-order chi connectivity index (χ1) is 9.13. The number of hydrogen-bond acceptors (Lipinski definition) is 5. The Hall–Kier alpha value is -1.75. The van der Waals surface area contributed by atoms with Crippen molar-refractivity contribution in [1.29, 1.82) is 0 Å². The van der Waals surface area contributed by atoms with E-state index >= 15 is 0 Å². The van der Waals surface area contributed by atoms with Gasteiger partial charge in [0.05, 0.1) is 6.61 Å². The van der Waals surface area contributed by atoms with E-state index < -0.39 is 11.9 Å². The van der Waals surface area contributed by atoms with Crippen molar-refractivity contribution < 1.29 is 19.1 Å². The number of esters is 2. The van der Waals surface area contributed by atoms with Crippen LogP contribution in [0.5, 0.6) is 0 Å². The molecular weight excluding hydrogens is 264 g/mol. The van der Waals surface area contributed by atoms with Gasteiger partial charge in [0.15, 0.2) is 0 Å². The molecule has 0 heterocycles. The van der Waals surface area contributed by atoms with Gasteiger partial charge in [-0.25, -0.2) is 4.79 Å². The highest BCUT2D eigenvalue weighted by atomic mass is 32.2. The molecule has 0 aliphatic rings. The van der Waals surface area contributed by atoms with Gasteiger partial charge in [-0.1, -0.05) is 30.3 Å². The fraction of sp³-hybridized carbons (Fsp3) is 0.286. The van der Waals surface area contributed by atoms with E-state index in [4.69, 9.17) is 9.47 Å². The maximum absolute atomic E-state index is 11.5. The molecule has 1 rings (SSSR count). The normalized spacial score (nSPS) is 10.9. The van der Waals surface area contributed by atoms with Gasteiger partial charge in [-0.05, 0) is 12.5 Å². The quantitative estimate of drug-likeness (QED) is 0.455. The molecule has 5 heteroatoms. The molecule has 0 radical (unpaired) electrons. The lowest BCUT2D eigenvalue weighted by Crippen LogP contribution is -2.12. The van der Waals surface area contributed by atoms with Crippen molar-refractivity contribution in [2.45, 2.75) is 19.6 Å². The molecule has 0 fully saturated rings. The minimum Gasteiger partial charge on any atom is -0.460 e. The van der Waals surface area contributed by atoms with Crippen molar-refractivity contribution in [3.63, 3.8) is 0 Å². The molecule has 0 aliphatic heterocycles. The van der Waals surface area contributed by atoms with E-state index in [1.165, 1.54) is 24.1 Å². The molecule has 0 spiro atoms. The summed E-state index contributed by atoms with van der Waals surface area (Å²) in [4.78, 5) is 22.5. The molecule has 0 amide bonds. The Bertz CT molecular complexity index is 454. The zero-order valence-electron chi connectivity index (χ0n) is 10.9. The SMILES string of the molecule is CCOC(=O)/C(=C/SCc1ccccc1)OC(C)=O. The first kappa shape index (κ1) is 15.3. The van der Waals surface area contributed by atoms with Crippen molar-refractivity contribution >= 4 is 23.7 Å². The van der Waals surface area contributed by atoms with Crippen molar-refractivity contribution in [3.8, 4) is 0 Å². The molecule has 0 saturated heterocycles. The molecule has 0 atom stereocenters. The second-order valence-electron chi connectivity index (χ2n) is 3.59. The topological polar surface area (TPSA) is 52.6 Å². The Morgan fingerprint density at radius 2 is 1.95 bits per heavy atom. The summed E-state index contributed by atoms with van der Waals surface area (Å²) in [5, 5.41) is 1.51. The minimum absolute atomic E-state index is 0.0738. The van der Waals surface area contributed by atoms with Crippen LogP contribution in [0, 0.1) is 0 Å². The molecule has 0 bridgehead atoms. The third-order valence-electron chi connectivity index (χ3n) is 2.01. The average Bonchev–Trinajstić information content (AvgIpc) is 2.38. The van der Waals surface area contributed by atoms with Crippen molar-refractivity contribution in [1.82, 2.24) is 0 Å². The predicted molar refractivity (Wildman–Crippen MR) is 74.2 cm³/mol. The highest BCUT2D eigenvalue weighted by Gasteiger charge is 2.14. The average molecular weight is 280 g/mol. The maximum atomic E-state index is 11.5. The molecule has 102 valence electrons. The van der Waals surface area contributed by atoms with Gasteiger partial charge >= 0.3 is 11.9 Å². The van der Waals surface area contributed by atoms with Gasteiger partial charge < -0.3 is 9.47 Å². The molecule has 0 unspecified atom stereocenters. The summed E-state index contributed by atoms with van der Waals surface area (Å²) < 4.78 is 9.64. The van der Waals surface area contributed by atoms with Gasteiger partial charge in [-0.2, -0.15) is 0 Å². The van der Waals surface area contributed by atoms with Crippen LogP contribution in [0.4, 0.5) is 0 Å². The van der Waals surface area contributed by atoms with Gasteiger partial charge in [-0.3, -0.25) is 4.79 Å². The lowest BCUT2D eigenvalue weighted by atomic mass is 10.2. The van der Waals surface area contributed by atoms with Crippen LogP contribution in [0.25, 0.3) is 0 Å². The molecule has 1 aromatic rings. The zero-order valence-corrected chi connectivity index (χ0v) is 11.7. The number of ether oxygens (including phenoxy) is 2. The lowest BCUT2D eigenvalue weighted by molar-refractivity contribution is -0.149. The van der Waals surface area contributed by atoms with Crippen LogP contribution in [0.1, 0.15) is 19.4 Å². The second kappa shape index (κ2) is 8.37. The Morgan fingerprint density at radius 3 is 2.53 bits per heavy atom. The molecular formula is C14H16O4S. The Kier molecular flexibility index (Phi) is 6.74. The number of hydrogen-bond donors (Lipinski definition) is 0. The van der Waals surface area contributed by atoms with E-state index in [9.17, 15) is 9.59 Å². The van der Waals surface area contributed by atoms with Crippen LogP contribution in [-0.2, 0) is 24.8 Å². The van der Waals surface area contributed by atoms with Crippen molar-refractivity contribution in [2.75, 3.05) is 6.61 Å². The third-order valence-corrected chi connectivity index (χ3v) is 2.89. The van der Waals surface area contributed by atoms with E-state index in [2.05, 4.69) is 0 Å². The molecule has 4 nitrogen and oxygen atoms in total. The van der Waals surface area contributed by atoms with Crippen LogP contribution in [0.2, 0.25) is 0 Å². The van der Waals surface area contributed by atoms with Crippen molar-refractivity contribution in [3.05, 3.63) is 47.1 Å². The van der Waals surface area contributed by atoms with E-state index in [0.29, 0.717) is 5.75 Å². The number of carbonyl (C=O) groups is 2. The van der Waals surface area contributed by atoms with Crippen LogP contribution in [0.15, 0.2) is 41.5 Å². The fourth-order valence-corrected chi connectivity index (χ4v) is 2.02. The second-order valence-corrected chi connectivity index (χ2v) is 4.45. The Morgan fingerprint density at radius 1 is 1.26 bits per heavy atom. The summed E-state index contributed by atoms with van der Waals surface area (Å²) in [5.74, 6) is -0.557. The van der Waals surface area contributed by atoms with Crippen LogP contribution in [-0.4, -0.2) is 18.5 Å². The molecule has 0 aromatic heterocycles. The number of carbonyl (C=O) groups excluding carboxylic acids is 2. The van der Waals surface area contributed by atoms with Gasteiger partial charge in [-0.15, -0.1) is 11.8 Å². The summed E-state index contributed by atoms with van der Waals surface area (Å²) in [6, 6.07) is 9.79. The van der Waals surface area contributed by atoms with Gasteiger partial charge in [0.1, 0.15) is 0 Å². The first-order valence-electron chi connectivity index (χ1n) is 5.84. The predicted octanol–water partition coefficient (Wildman–Crippen LogP) is 2.89. The van der Waals surface area contributed by atoms with Crippen molar-refractivity contribution in [2.24, 2.45) is 0 Å². The van der Waals surface area contributed by atoms with Crippen LogP contribution >= 0.6 is 11.8 Å². The molecule has 0 saturated carbocycles. The first-order valence-corrected chi connectivity index (χ1v) is 6.89. The highest BCUT2D eigenvalue weighted by molar-refractivity contribution is 8.01. The monoisotopic (exact) mass is 280 g/mol. The molecule has 0 N–H and O–H groups in total. The van der Waals surface area contributed by atoms with Gasteiger partial charge in [0.25, 0.3) is 0 Å². The number of thioether (sulfide) groups is 1. The van der Waals surface area contributed by atoms with Crippen LogP contribution in [0.3, 0.4) is 0 Å². The van der Waals surface area contributed by atoms with Gasteiger partial charge in [0.2, 0.25) is 5.76 Å². The molecule has 1 aromatic carbocycles. The summed E-state index contributed by atoms with van der Waals surface area (Å²) in [6.07, 6.45) is 0. The summed E-state index contributed by atoms with van der Waals surface area (Å²) in [5.41, 5.74) is 1.12. The van der Waals surface area contributed by atoms with E-state index in [0.717, 1.165) is 5.56 Å². The molecule has 0 aliphatic carbocycles. The fourth-order valence-electron chi connectivity index (χ4n) is 1.26. The van der Waals surface area contributed by atoms with E-state index in [1.54, 1.807) is 6.92 Å². The lowest BCUT2D eigenvalue weighted by Gasteiger charge is -2.06. The molecule has 19 heavy (non-hydrogen) atoms. The Balaban J connectivity index is 2.61. The van der Waals surface area contributed by atoms with Crippen LogP contribution < -0.4 is 0 Å². The largest absolute Gasteiger partial charge is 0.460 e. The summed E-state index contributed by atoms with van der Waals surface area (Å²) in [6.45, 7) is 3.18. The minimum atomic E-state index is -0.627. The standard InChI is InChI=1S/C14H16O4S/c1-3-17-14(16)13(18-11(2)15)10-19-9-12-7-5-4-6-8-12/h4-8,10H,3,9H2,1-2H3/b13-10-.